The van der Waals surface area contributed by atoms with Crippen molar-refractivity contribution in [3.05, 3.63) is 65.6 Å². The lowest BCUT2D eigenvalue weighted by atomic mass is 10.1. The van der Waals surface area contributed by atoms with Gasteiger partial charge in [0.05, 0.1) is 23.2 Å². The van der Waals surface area contributed by atoms with Gasteiger partial charge in [-0.15, -0.1) is 0 Å². The average molecular weight is 384 g/mol. The molecular formula is C23H20N4O2. The number of H-pyrrole nitrogens is 1. The monoisotopic (exact) mass is 384 g/mol. The van der Waals surface area contributed by atoms with E-state index < -0.39 is 0 Å². The molecular weight excluding hydrogens is 364 g/mol. The number of nitriles is 1. The topological polar surface area (TPSA) is 83.7 Å². The highest BCUT2D eigenvalue weighted by Crippen LogP contribution is 2.29. The third kappa shape index (κ3) is 3.39. The molecule has 6 heteroatoms. The van der Waals surface area contributed by atoms with Crippen molar-refractivity contribution in [2.75, 3.05) is 6.61 Å². The minimum Gasteiger partial charge on any atom is -0.465 e. The van der Waals surface area contributed by atoms with Crippen molar-refractivity contribution >= 4 is 39.6 Å². The van der Waals surface area contributed by atoms with Gasteiger partial charge in [0, 0.05) is 22.2 Å². The van der Waals surface area contributed by atoms with Crippen LogP contribution in [0.5, 0.6) is 0 Å². The number of aromatic amines is 1. The molecule has 0 fully saturated rings. The summed E-state index contributed by atoms with van der Waals surface area (Å²) in [6.07, 6.45) is 1.83. The van der Waals surface area contributed by atoms with Crippen LogP contribution < -0.4 is 0 Å². The van der Waals surface area contributed by atoms with Crippen LogP contribution in [0.1, 0.15) is 24.0 Å². The third-order valence-corrected chi connectivity index (χ3v) is 4.93. The van der Waals surface area contributed by atoms with Gasteiger partial charge in [-0.05, 0) is 38.1 Å². The van der Waals surface area contributed by atoms with Gasteiger partial charge in [0.1, 0.15) is 18.4 Å². The van der Waals surface area contributed by atoms with Gasteiger partial charge in [-0.2, -0.15) is 5.26 Å². The molecule has 0 atom stereocenters. The number of benzene rings is 2. The van der Waals surface area contributed by atoms with E-state index in [-0.39, 0.29) is 12.5 Å². The Morgan fingerprint density at radius 1 is 1.24 bits per heavy atom. The number of fused-ring (bicyclic) bond motifs is 2. The maximum atomic E-state index is 12.1. The molecule has 0 saturated carbocycles. The molecule has 0 aliphatic rings. The molecule has 0 radical (unpaired) electrons. The predicted molar refractivity (Wildman–Crippen MR) is 113 cm³/mol. The summed E-state index contributed by atoms with van der Waals surface area (Å²) in [5, 5.41) is 10.8. The zero-order chi connectivity index (χ0) is 20.4. The van der Waals surface area contributed by atoms with E-state index in [0.29, 0.717) is 18.0 Å². The molecule has 4 rings (SSSR count). The fourth-order valence-electron chi connectivity index (χ4n) is 3.56. The van der Waals surface area contributed by atoms with Crippen LogP contribution in [-0.4, -0.2) is 27.1 Å². The molecule has 0 bridgehead atoms. The number of nitrogens with zero attached hydrogens (tertiary/aromatic N) is 3. The van der Waals surface area contributed by atoms with Crippen LogP contribution in [0.25, 0.3) is 33.6 Å². The number of carbonyl (C=O) groups excluding carboxylic acids is 1. The zero-order valence-corrected chi connectivity index (χ0v) is 16.3. The standard InChI is InChI=1S/C23H20N4O2/c1-3-29-22(28)14-27-15(2)18(17-8-4-7-11-21(17)27)12-16(13-24)23-25-19-9-5-6-10-20(19)26-23/h4-12H,3,14H2,1-2H3,(H,25,26)/b16-12+. The Hall–Kier alpha value is -3.85. The van der Waals surface area contributed by atoms with Crippen molar-refractivity contribution in [2.24, 2.45) is 0 Å². The highest BCUT2D eigenvalue weighted by atomic mass is 16.5. The number of para-hydroxylation sites is 3. The highest BCUT2D eigenvalue weighted by Gasteiger charge is 2.17. The molecule has 0 spiro atoms. The van der Waals surface area contributed by atoms with Crippen molar-refractivity contribution < 1.29 is 9.53 Å². The van der Waals surface area contributed by atoms with Gasteiger partial charge >= 0.3 is 5.97 Å². The number of ether oxygens (including phenoxy) is 1. The Balaban J connectivity index is 1.85. The van der Waals surface area contributed by atoms with E-state index in [1.807, 2.05) is 66.1 Å². The lowest BCUT2D eigenvalue weighted by Crippen LogP contribution is -2.14. The summed E-state index contributed by atoms with van der Waals surface area (Å²) in [5.41, 5.74) is 4.83. The first-order valence-corrected chi connectivity index (χ1v) is 9.42. The summed E-state index contributed by atoms with van der Waals surface area (Å²) < 4.78 is 7.05. The Morgan fingerprint density at radius 2 is 2.00 bits per heavy atom. The molecule has 0 saturated heterocycles. The third-order valence-electron chi connectivity index (χ3n) is 4.93. The van der Waals surface area contributed by atoms with Gasteiger partial charge < -0.3 is 14.3 Å². The quantitative estimate of drug-likeness (QED) is 0.407. The van der Waals surface area contributed by atoms with Crippen molar-refractivity contribution in [3.63, 3.8) is 0 Å². The Labute approximate surface area is 168 Å². The van der Waals surface area contributed by atoms with Gasteiger partial charge in [0.2, 0.25) is 0 Å². The second kappa shape index (κ2) is 7.64. The molecule has 1 N–H and O–H groups in total. The molecule has 0 aliphatic heterocycles. The van der Waals surface area contributed by atoms with Gasteiger partial charge in [0.25, 0.3) is 0 Å². The first kappa shape index (κ1) is 18.5. The van der Waals surface area contributed by atoms with Crippen LogP contribution in [-0.2, 0) is 16.1 Å². The number of aromatic nitrogens is 3. The second-order valence-corrected chi connectivity index (χ2v) is 6.68. The molecule has 0 unspecified atom stereocenters. The van der Waals surface area contributed by atoms with Crippen LogP contribution in [0, 0.1) is 18.3 Å². The van der Waals surface area contributed by atoms with Crippen molar-refractivity contribution in [1.29, 1.82) is 5.26 Å². The van der Waals surface area contributed by atoms with Crippen LogP contribution >= 0.6 is 0 Å². The lowest BCUT2D eigenvalue weighted by molar-refractivity contribution is -0.143. The van der Waals surface area contributed by atoms with Gasteiger partial charge in [0.15, 0.2) is 0 Å². The molecule has 2 aromatic heterocycles. The number of nitrogens with one attached hydrogen (secondary N) is 1. The van der Waals surface area contributed by atoms with Gasteiger partial charge in [-0.25, -0.2) is 4.98 Å². The summed E-state index contributed by atoms with van der Waals surface area (Å²) in [5.74, 6) is 0.236. The number of hydrogen-bond acceptors (Lipinski definition) is 4. The molecule has 0 aliphatic carbocycles. The number of imidazole rings is 1. The van der Waals surface area contributed by atoms with Crippen molar-refractivity contribution in [2.45, 2.75) is 20.4 Å². The van der Waals surface area contributed by atoms with E-state index in [0.717, 1.165) is 33.2 Å². The molecule has 2 aromatic carbocycles. The largest absolute Gasteiger partial charge is 0.465 e. The Bertz CT molecular complexity index is 1250. The van der Waals surface area contributed by atoms with Crippen LogP contribution in [0.15, 0.2) is 48.5 Å². The fraction of sp³-hybridized carbons (Fsp3) is 0.174. The molecule has 144 valence electrons. The van der Waals surface area contributed by atoms with Crippen molar-refractivity contribution in [3.8, 4) is 6.07 Å². The van der Waals surface area contributed by atoms with Crippen LogP contribution in [0.4, 0.5) is 0 Å². The molecule has 6 nitrogen and oxygen atoms in total. The average Bonchev–Trinajstić information content (AvgIpc) is 3.26. The minimum atomic E-state index is -0.287. The lowest BCUT2D eigenvalue weighted by Gasteiger charge is -2.07. The smallest absolute Gasteiger partial charge is 0.325 e. The van der Waals surface area contributed by atoms with Gasteiger partial charge in [-0.1, -0.05) is 30.3 Å². The number of esters is 1. The maximum absolute atomic E-state index is 12.1. The van der Waals surface area contributed by atoms with Crippen LogP contribution in [0.3, 0.4) is 0 Å². The Kier molecular flexibility index (Phi) is 4.88. The normalized spacial score (nSPS) is 11.7. The van der Waals surface area contributed by atoms with Gasteiger partial charge in [-0.3, -0.25) is 4.79 Å². The summed E-state index contributed by atoms with van der Waals surface area (Å²) in [6.45, 7) is 4.20. The number of rotatable bonds is 5. The molecule has 2 heterocycles. The summed E-state index contributed by atoms with van der Waals surface area (Å²) in [6, 6.07) is 17.8. The first-order valence-electron chi connectivity index (χ1n) is 9.42. The van der Waals surface area contributed by atoms with E-state index in [1.54, 1.807) is 6.92 Å². The zero-order valence-electron chi connectivity index (χ0n) is 16.3. The number of carbonyl (C=O) groups is 1. The summed E-state index contributed by atoms with van der Waals surface area (Å²) >= 11 is 0. The Morgan fingerprint density at radius 3 is 2.76 bits per heavy atom. The second-order valence-electron chi connectivity index (χ2n) is 6.68. The first-order chi connectivity index (χ1) is 14.1. The van der Waals surface area contributed by atoms with E-state index in [2.05, 4.69) is 16.0 Å². The van der Waals surface area contributed by atoms with E-state index in [4.69, 9.17) is 4.74 Å². The van der Waals surface area contributed by atoms with Crippen LogP contribution in [0.2, 0.25) is 0 Å². The SMILES string of the molecule is CCOC(=O)Cn1c(C)c(/C=C(\C#N)c2nc3ccccc3[nH]2)c2ccccc21. The molecule has 4 aromatic rings. The number of allylic oxidation sites excluding steroid dienone is 1. The van der Waals surface area contributed by atoms with E-state index >= 15 is 0 Å². The predicted octanol–water partition coefficient (Wildman–Crippen LogP) is 4.45. The number of hydrogen-bond donors (Lipinski definition) is 1. The fourth-order valence-corrected chi connectivity index (χ4v) is 3.56. The maximum Gasteiger partial charge on any atom is 0.325 e. The van der Waals surface area contributed by atoms with E-state index in [1.165, 1.54) is 0 Å². The van der Waals surface area contributed by atoms with Crippen molar-refractivity contribution in [1.82, 2.24) is 14.5 Å². The highest BCUT2D eigenvalue weighted by molar-refractivity contribution is 5.99. The summed E-state index contributed by atoms with van der Waals surface area (Å²) in [7, 11) is 0. The molecule has 29 heavy (non-hydrogen) atoms. The molecule has 0 amide bonds. The summed E-state index contributed by atoms with van der Waals surface area (Å²) in [4.78, 5) is 19.8. The minimum absolute atomic E-state index is 0.126. The van der Waals surface area contributed by atoms with E-state index in [9.17, 15) is 10.1 Å².